The van der Waals surface area contributed by atoms with Gasteiger partial charge in [-0.1, -0.05) is 6.07 Å². The van der Waals surface area contributed by atoms with Gasteiger partial charge in [0.25, 0.3) is 5.91 Å². The summed E-state index contributed by atoms with van der Waals surface area (Å²) in [5, 5.41) is 9.85. The Morgan fingerprint density at radius 1 is 1.15 bits per heavy atom. The van der Waals surface area contributed by atoms with Gasteiger partial charge in [-0.25, -0.2) is 9.37 Å². The van der Waals surface area contributed by atoms with Crippen molar-refractivity contribution in [2.75, 3.05) is 52.3 Å². The summed E-state index contributed by atoms with van der Waals surface area (Å²) >= 11 is 0. The number of methoxy groups -OCH3 is 1. The van der Waals surface area contributed by atoms with Crippen molar-refractivity contribution in [2.45, 2.75) is 25.1 Å². The van der Waals surface area contributed by atoms with Crippen LogP contribution in [0.5, 0.6) is 5.75 Å². The molecule has 3 aromatic heterocycles. The van der Waals surface area contributed by atoms with E-state index in [0.717, 1.165) is 23.2 Å². The van der Waals surface area contributed by atoms with E-state index < -0.39 is 6.17 Å². The van der Waals surface area contributed by atoms with E-state index in [4.69, 9.17) is 9.15 Å². The van der Waals surface area contributed by atoms with Crippen LogP contribution in [0.2, 0.25) is 0 Å². The fourth-order valence-electron chi connectivity index (χ4n) is 5.72. The van der Waals surface area contributed by atoms with Crippen LogP contribution < -0.4 is 9.64 Å². The quantitative estimate of drug-likeness (QED) is 0.337. The summed E-state index contributed by atoms with van der Waals surface area (Å²) in [4.78, 5) is 28.1. The van der Waals surface area contributed by atoms with Crippen LogP contribution in [0.15, 0.2) is 53.2 Å². The number of benzene rings is 1. The number of amides is 1. The van der Waals surface area contributed by atoms with Crippen LogP contribution in [-0.2, 0) is 0 Å². The minimum absolute atomic E-state index is 0.0760. The molecule has 9 nitrogen and oxygen atoms in total. The molecule has 6 rings (SSSR count). The Kier molecular flexibility index (Phi) is 7.05. The molecule has 1 amide bonds. The van der Waals surface area contributed by atoms with Gasteiger partial charge >= 0.3 is 0 Å². The minimum atomic E-state index is -0.879. The lowest BCUT2D eigenvalue weighted by molar-refractivity contribution is 0.0782. The van der Waals surface area contributed by atoms with Gasteiger partial charge in [0.05, 0.1) is 23.9 Å². The Hall–Kier alpha value is -4.49. The molecule has 0 bridgehead atoms. The molecule has 2 atom stereocenters. The number of alkyl halides is 1. The first-order valence-electron chi connectivity index (χ1n) is 13.7. The van der Waals surface area contributed by atoms with Gasteiger partial charge in [-0.3, -0.25) is 9.78 Å². The summed E-state index contributed by atoms with van der Waals surface area (Å²) in [6.07, 6.45) is 3.77. The maximum Gasteiger partial charge on any atom is 0.255 e. The van der Waals surface area contributed by atoms with Crippen molar-refractivity contribution in [3.05, 3.63) is 59.9 Å². The van der Waals surface area contributed by atoms with Crippen molar-refractivity contribution >= 4 is 22.7 Å². The Morgan fingerprint density at radius 2 is 2.00 bits per heavy atom. The van der Waals surface area contributed by atoms with E-state index in [2.05, 4.69) is 20.9 Å². The third-order valence-electron chi connectivity index (χ3n) is 8.05. The molecule has 41 heavy (non-hydrogen) atoms. The molecule has 210 valence electrons. The number of ether oxygens (including phenoxy) is 1. The van der Waals surface area contributed by atoms with Crippen molar-refractivity contribution in [2.24, 2.45) is 0 Å². The number of hydrogen-bond donors (Lipinski definition) is 0. The summed E-state index contributed by atoms with van der Waals surface area (Å²) in [6, 6.07) is 13.5. The summed E-state index contributed by atoms with van der Waals surface area (Å²) < 4.78 is 25.7. The Morgan fingerprint density at radius 3 is 2.71 bits per heavy atom. The van der Waals surface area contributed by atoms with Gasteiger partial charge in [-0.15, -0.1) is 0 Å². The molecular weight excluding hydrogens is 523 g/mol. The van der Waals surface area contributed by atoms with Gasteiger partial charge in [0.2, 0.25) is 0 Å². The number of anilines is 1. The van der Waals surface area contributed by atoms with E-state index in [9.17, 15) is 14.4 Å². The van der Waals surface area contributed by atoms with Gasteiger partial charge in [0, 0.05) is 56.2 Å². The molecule has 1 unspecified atom stereocenters. The van der Waals surface area contributed by atoms with Crippen LogP contribution in [0.1, 0.15) is 28.8 Å². The molecule has 1 aromatic carbocycles. The van der Waals surface area contributed by atoms with Crippen molar-refractivity contribution in [3.8, 4) is 34.4 Å². The highest BCUT2D eigenvalue weighted by atomic mass is 19.1. The first-order valence-corrected chi connectivity index (χ1v) is 13.7. The highest BCUT2D eigenvalue weighted by Crippen LogP contribution is 2.38. The second-order valence-electron chi connectivity index (χ2n) is 10.8. The second kappa shape index (κ2) is 10.8. The van der Waals surface area contributed by atoms with Crippen molar-refractivity contribution < 1.29 is 18.3 Å². The first kappa shape index (κ1) is 26.7. The third kappa shape index (κ3) is 4.98. The van der Waals surface area contributed by atoms with E-state index >= 15 is 0 Å². The number of pyridine rings is 2. The number of rotatable bonds is 6. The Labute approximate surface area is 237 Å². The van der Waals surface area contributed by atoms with Crippen molar-refractivity contribution in [3.63, 3.8) is 0 Å². The number of likely N-dealkylation sites (tertiary alicyclic amines) is 1. The molecule has 2 aliphatic heterocycles. The zero-order chi connectivity index (χ0) is 28.7. The number of halogens is 1. The molecule has 0 saturated carbocycles. The SMILES string of the molecule is COc1cc(C(=O)N2CC[C@@H](N(C)C)C2)cnc1-c1cc2nccc(-c3ccc(N4CCC(F)C4)c(C#N)c3)c2o1. The van der Waals surface area contributed by atoms with Gasteiger partial charge in [-0.2, -0.15) is 5.26 Å². The Bertz CT molecular complexity index is 1660. The van der Waals surface area contributed by atoms with Crippen LogP contribution in [0.25, 0.3) is 33.7 Å². The number of aromatic nitrogens is 2. The van der Waals surface area contributed by atoms with Gasteiger partial charge in [-0.05, 0) is 56.8 Å². The standard InChI is InChI=1S/C31H31FN6O3/c1-36(2)23-8-11-38(18-23)31(39)21-13-27(40-3)29(35-16-21)28-14-25-30(41-28)24(6-9-34-25)19-4-5-26(20(12-19)15-33)37-10-7-22(32)17-37/h4-6,9,12-14,16,22-23H,7-8,10-11,17-18H2,1-3H3/t22?,23-/m1/s1. The van der Waals surface area contributed by atoms with E-state index in [0.29, 0.717) is 78.1 Å². The average Bonchev–Trinajstić information content (AvgIpc) is 3.75. The lowest BCUT2D eigenvalue weighted by atomic mass is 10.0. The molecule has 2 aliphatic rings. The zero-order valence-corrected chi connectivity index (χ0v) is 23.3. The highest BCUT2D eigenvalue weighted by Gasteiger charge is 2.29. The molecule has 0 radical (unpaired) electrons. The number of nitrogens with zero attached hydrogens (tertiary/aromatic N) is 6. The summed E-state index contributed by atoms with van der Waals surface area (Å²) in [5.74, 6) is 0.800. The first-order chi connectivity index (χ1) is 19.9. The monoisotopic (exact) mass is 554 g/mol. The van der Waals surface area contributed by atoms with Crippen LogP contribution in [0.3, 0.4) is 0 Å². The summed E-state index contributed by atoms with van der Waals surface area (Å²) in [7, 11) is 5.59. The van der Waals surface area contributed by atoms with Crippen LogP contribution in [-0.4, -0.2) is 85.3 Å². The topological polar surface area (TPSA) is 98.7 Å². The molecule has 10 heteroatoms. The number of nitriles is 1. The van der Waals surface area contributed by atoms with Crippen LogP contribution in [0, 0.1) is 11.3 Å². The predicted molar refractivity (Wildman–Crippen MR) is 154 cm³/mol. The number of likely N-dealkylation sites (N-methyl/N-ethyl adjacent to an activating group) is 1. The van der Waals surface area contributed by atoms with E-state index in [-0.39, 0.29) is 5.91 Å². The van der Waals surface area contributed by atoms with Gasteiger partial charge < -0.3 is 23.9 Å². The minimum Gasteiger partial charge on any atom is -0.494 e. The molecule has 0 spiro atoms. The molecule has 5 heterocycles. The molecule has 4 aromatic rings. The predicted octanol–water partition coefficient (Wildman–Crippen LogP) is 4.76. The summed E-state index contributed by atoms with van der Waals surface area (Å²) in [6.45, 7) is 2.26. The average molecular weight is 555 g/mol. The highest BCUT2D eigenvalue weighted by molar-refractivity contribution is 5.96. The summed E-state index contributed by atoms with van der Waals surface area (Å²) in [5.41, 5.74) is 4.85. The number of carbonyl (C=O) groups excluding carboxylic acids is 1. The number of hydrogen-bond acceptors (Lipinski definition) is 8. The normalized spacial score (nSPS) is 18.8. The van der Waals surface area contributed by atoms with E-state index in [1.54, 1.807) is 30.6 Å². The van der Waals surface area contributed by atoms with Crippen molar-refractivity contribution in [1.82, 2.24) is 19.8 Å². The molecular formula is C31H31FN6O3. The van der Waals surface area contributed by atoms with Crippen molar-refractivity contribution in [1.29, 1.82) is 5.26 Å². The maximum atomic E-state index is 13.8. The Balaban J connectivity index is 1.32. The van der Waals surface area contributed by atoms with E-state index in [1.807, 2.05) is 42.1 Å². The van der Waals surface area contributed by atoms with Crippen LogP contribution in [0.4, 0.5) is 10.1 Å². The molecule has 0 N–H and O–H groups in total. The third-order valence-corrected chi connectivity index (χ3v) is 8.05. The lowest BCUT2D eigenvalue weighted by Crippen LogP contribution is -2.34. The number of furan rings is 1. The zero-order valence-electron chi connectivity index (χ0n) is 23.3. The molecule has 2 saturated heterocycles. The second-order valence-corrected chi connectivity index (χ2v) is 10.8. The molecule has 2 fully saturated rings. The smallest absolute Gasteiger partial charge is 0.255 e. The number of carbonyl (C=O) groups is 1. The van der Waals surface area contributed by atoms with Crippen LogP contribution >= 0.6 is 0 Å². The lowest BCUT2D eigenvalue weighted by Gasteiger charge is -2.20. The molecule has 0 aliphatic carbocycles. The fourth-order valence-corrected chi connectivity index (χ4v) is 5.72. The van der Waals surface area contributed by atoms with E-state index in [1.165, 1.54) is 7.11 Å². The number of fused-ring (bicyclic) bond motifs is 1. The van der Waals surface area contributed by atoms with Gasteiger partial charge in [0.1, 0.15) is 29.2 Å². The van der Waals surface area contributed by atoms with Gasteiger partial charge in [0.15, 0.2) is 11.3 Å². The largest absolute Gasteiger partial charge is 0.494 e. The fraction of sp³-hybridized carbons (Fsp3) is 0.355. The maximum absolute atomic E-state index is 13.8.